The van der Waals surface area contributed by atoms with Gasteiger partial charge in [-0.2, -0.15) is 28.4 Å². The monoisotopic (exact) mass is 587 g/mol. The largest absolute Gasteiger partial charge is 0.481 e. The normalized spacial score (nSPS) is 11.3. The summed E-state index contributed by atoms with van der Waals surface area (Å²) in [7, 11) is 1.54. The minimum atomic E-state index is -4.56. The Kier molecular flexibility index (Phi) is 7.03. The molecule has 0 aliphatic heterocycles. The number of alkyl halides is 3. The van der Waals surface area contributed by atoms with Crippen molar-refractivity contribution in [3.63, 3.8) is 0 Å². The van der Waals surface area contributed by atoms with Gasteiger partial charge in [0.2, 0.25) is 5.88 Å². The van der Waals surface area contributed by atoms with Crippen molar-refractivity contribution in [2.75, 3.05) is 17.7 Å². The SMILES string of the molecule is COc1ccn2ncc(-c3ccc(Oc4ncc(NC(=O)Nc5ccc(C(F)(F)F)cc5-n5cccn5)cn4)cc3)c2n1. The van der Waals surface area contributed by atoms with Crippen molar-refractivity contribution in [3.05, 3.63) is 97.3 Å². The Balaban J connectivity index is 1.11. The van der Waals surface area contributed by atoms with E-state index in [2.05, 4.69) is 35.8 Å². The van der Waals surface area contributed by atoms with Gasteiger partial charge in [-0.05, 0) is 42.0 Å². The Morgan fingerprint density at radius 3 is 2.42 bits per heavy atom. The van der Waals surface area contributed by atoms with Crippen LogP contribution in [0.25, 0.3) is 22.5 Å². The van der Waals surface area contributed by atoms with Crippen LogP contribution < -0.4 is 20.1 Å². The van der Waals surface area contributed by atoms with Crippen molar-refractivity contribution in [3.8, 4) is 34.5 Å². The molecule has 0 saturated heterocycles. The van der Waals surface area contributed by atoms with E-state index in [1.165, 1.54) is 29.5 Å². The smallest absolute Gasteiger partial charge is 0.416 e. The van der Waals surface area contributed by atoms with Gasteiger partial charge in [-0.1, -0.05) is 12.1 Å². The molecule has 15 heteroatoms. The summed E-state index contributed by atoms with van der Waals surface area (Å²) in [5.74, 6) is 0.943. The second-order valence-electron chi connectivity index (χ2n) is 8.94. The number of nitrogens with one attached hydrogen (secondary N) is 2. The fourth-order valence-electron chi connectivity index (χ4n) is 4.11. The second kappa shape index (κ2) is 11.1. The molecule has 2 N–H and O–H groups in total. The van der Waals surface area contributed by atoms with Gasteiger partial charge in [-0.15, -0.1) is 0 Å². The molecular weight excluding hydrogens is 567 g/mol. The first kappa shape index (κ1) is 27.2. The summed E-state index contributed by atoms with van der Waals surface area (Å²) in [6.07, 6.45) is 4.44. The summed E-state index contributed by atoms with van der Waals surface area (Å²) in [5.41, 5.74) is 1.80. The Bertz CT molecular complexity index is 1890. The molecule has 0 aliphatic rings. The van der Waals surface area contributed by atoms with Crippen LogP contribution in [0, 0.1) is 0 Å². The molecule has 0 spiro atoms. The van der Waals surface area contributed by atoms with E-state index >= 15 is 0 Å². The zero-order chi connectivity index (χ0) is 30.0. The minimum Gasteiger partial charge on any atom is -0.481 e. The first-order valence-electron chi connectivity index (χ1n) is 12.5. The van der Waals surface area contributed by atoms with Gasteiger partial charge < -0.3 is 20.1 Å². The van der Waals surface area contributed by atoms with Gasteiger partial charge >= 0.3 is 18.2 Å². The van der Waals surface area contributed by atoms with Crippen LogP contribution in [-0.4, -0.2) is 47.5 Å². The van der Waals surface area contributed by atoms with Crippen LogP contribution in [0.3, 0.4) is 0 Å². The molecule has 0 radical (unpaired) electrons. The molecule has 6 rings (SSSR count). The Hall–Kier alpha value is -5.99. The molecule has 12 nitrogen and oxygen atoms in total. The molecule has 4 aromatic heterocycles. The zero-order valence-corrected chi connectivity index (χ0v) is 22.1. The summed E-state index contributed by atoms with van der Waals surface area (Å²) < 4.78 is 53.5. The number of hydrogen-bond acceptors (Lipinski definition) is 8. The fourth-order valence-corrected chi connectivity index (χ4v) is 4.11. The molecule has 4 heterocycles. The van der Waals surface area contributed by atoms with E-state index in [1.807, 2.05) is 12.1 Å². The molecule has 216 valence electrons. The summed E-state index contributed by atoms with van der Waals surface area (Å²) >= 11 is 0. The maximum absolute atomic E-state index is 13.2. The average molecular weight is 588 g/mol. The quantitative estimate of drug-likeness (QED) is 0.238. The van der Waals surface area contributed by atoms with E-state index in [0.717, 1.165) is 29.3 Å². The fraction of sp³-hybridized carbons (Fsp3) is 0.0714. The average Bonchev–Trinajstić information content (AvgIpc) is 3.69. The number of hydrogen-bond donors (Lipinski definition) is 2. The Morgan fingerprint density at radius 1 is 0.930 bits per heavy atom. The standard InChI is InChI=1S/C28H20F3N9O3/c1-42-24-9-12-40-25(38-24)21(16-35-40)17-3-6-20(7-4-17)43-27-32-14-19(15-33-27)36-26(41)37-22-8-5-18(28(29,30)31)13-23(22)39-11-2-10-34-39/h2-16H,1H3,(H2,36,37,41). The van der Waals surface area contributed by atoms with Gasteiger partial charge in [-0.3, -0.25) is 0 Å². The van der Waals surface area contributed by atoms with Gasteiger partial charge in [0, 0.05) is 30.2 Å². The zero-order valence-electron chi connectivity index (χ0n) is 22.1. The molecule has 2 aromatic carbocycles. The summed E-state index contributed by atoms with van der Waals surface area (Å²) in [4.78, 5) is 25.3. The van der Waals surface area contributed by atoms with E-state index in [4.69, 9.17) is 9.47 Å². The summed E-state index contributed by atoms with van der Waals surface area (Å²) in [5, 5.41) is 13.4. The number of rotatable bonds is 7. The second-order valence-corrected chi connectivity index (χ2v) is 8.94. The lowest BCUT2D eigenvalue weighted by atomic mass is 10.1. The van der Waals surface area contributed by atoms with Gasteiger partial charge in [0.25, 0.3) is 0 Å². The third-order valence-electron chi connectivity index (χ3n) is 6.14. The van der Waals surface area contributed by atoms with Gasteiger partial charge in [0.15, 0.2) is 5.65 Å². The Labute approximate surface area is 240 Å². The number of carbonyl (C=O) groups is 1. The highest BCUT2D eigenvalue weighted by molar-refractivity contribution is 6.00. The molecule has 0 atom stereocenters. The van der Waals surface area contributed by atoms with E-state index in [0.29, 0.717) is 17.3 Å². The van der Waals surface area contributed by atoms with Crippen molar-refractivity contribution in [2.24, 2.45) is 0 Å². The predicted octanol–water partition coefficient (Wildman–Crippen LogP) is 5.84. The number of ether oxygens (including phenoxy) is 2. The molecule has 0 unspecified atom stereocenters. The van der Waals surface area contributed by atoms with E-state index in [1.54, 1.807) is 48.3 Å². The number of methoxy groups -OCH3 is 1. The molecule has 0 fully saturated rings. The van der Waals surface area contributed by atoms with Crippen molar-refractivity contribution in [1.82, 2.24) is 34.3 Å². The van der Waals surface area contributed by atoms with Crippen LogP contribution in [-0.2, 0) is 6.18 Å². The summed E-state index contributed by atoms with van der Waals surface area (Å²) in [6, 6.07) is 12.7. The highest BCUT2D eigenvalue weighted by Gasteiger charge is 2.31. The summed E-state index contributed by atoms with van der Waals surface area (Å²) in [6.45, 7) is 0. The number of halogens is 3. The number of urea groups is 1. The predicted molar refractivity (Wildman–Crippen MR) is 148 cm³/mol. The topological polar surface area (TPSA) is 133 Å². The molecule has 0 saturated carbocycles. The lowest BCUT2D eigenvalue weighted by Crippen LogP contribution is -2.21. The number of benzene rings is 2. The number of anilines is 2. The molecular formula is C28H20F3N9O3. The van der Waals surface area contributed by atoms with Crippen molar-refractivity contribution in [1.29, 1.82) is 0 Å². The van der Waals surface area contributed by atoms with Crippen LogP contribution in [0.1, 0.15) is 5.56 Å². The molecule has 2 amide bonds. The van der Waals surface area contributed by atoms with Gasteiger partial charge in [-0.25, -0.2) is 24.0 Å². The highest BCUT2D eigenvalue weighted by Crippen LogP contribution is 2.33. The number of aromatic nitrogens is 7. The molecule has 43 heavy (non-hydrogen) atoms. The van der Waals surface area contributed by atoms with Gasteiger partial charge in [0.05, 0.1) is 48.3 Å². The Morgan fingerprint density at radius 2 is 1.72 bits per heavy atom. The van der Waals surface area contributed by atoms with Crippen LogP contribution in [0.2, 0.25) is 0 Å². The van der Waals surface area contributed by atoms with Gasteiger partial charge in [0.1, 0.15) is 5.75 Å². The molecule has 0 aliphatic carbocycles. The number of nitrogens with zero attached hydrogens (tertiary/aromatic N) is 7. The molecule has 6 aromatic rings. The van der Waals surface area contributed by atoms with Crippen molar-refractivity contribution >= 4 is 23.1 Å². The lowest BCUT2D eigenvalue weighted by Gasteiger charge is -2.15. The first-order valence-corrected chi connectivity index (χ1v) is 12.5. The number of amides is 2. The van der Waals surface area contributed by atoms with E-state index in [9.17, 15) is 18.0 Å². The third-order valence-corrected chi connectivity index (χ3v) is 6.14. The number of fused-ring (bicyclic) bond motifs is 1. The van der Waals surface area contributed by atoms with Crippen molar-refractivity contribution < 1.29 is 27.4 Å². The minimum absolute atomic E-state index is 0.0322. The third kappa shape index (κ3) is 5.90. The van der Waals surface area contributed by atoms with Crippen molar-refractivity contribution in [2.45, 2.75) is 6.18 Å². The molecule has 0 bridgehead atoms. The van der Waals surface area contributed by atoms with Crippen LogP contribution in [0.4, 0.5) is 29.3 Å². The maximum Gasteiger partial charge on any atom is 0.416 e. The van der Waals surface area contributed by atoms with Crippen LogP contribution >= 0.6 is 0 Å². The van der Waals surface area contributed by atoms with Crippen LogP contribution in [0.15, 0.2) is 91.8 Å². The van der Waals surface area contributed by atoms with Crippen LogP contribution in [0.5, 0.6) is 17.6 Å². The van der Waals surface area contributed by atoms with E-state index < -0.39 is 17.8 Å². The lowest BCUT2D eigenvalue weighted by molar-refractivity contribution is -0.137. The van der Waals surface area contributed by atoms with E-state index in [-0.39, 0.29) is 23.1 Å². The highest BCUT2D eigenvalue weighted by atomic mass is 19.4. The first-order chi connectivity index (χ1) is 20.8. The maximum atomic E-state index is 13.2. The number of carbonyl (C=O) groups excluding carboxylic acids is 1.